The molecule has 0 atom stereocenters. The molecule has 0 saturated carbocycles. The molecule has 0 unspecified atom stereocenters. The number of fused-ring (bicyclic) bond motifs is 2. The Morgan fingerprint density at radius 2 is 1.86 bits per heavy atom. The van der Waals surface area contributed by atoms with E-state index in [1.54, 1.807) is 0 Å². The van der Waals surface area contributed by atoms with Crippen LogP contribution in [0.2, 0.25) is 0 Å². The zero-order chi connectivity index (χ0) is 9.38. The summed E-state index contributed by atoms with van der Waals surface area (Å²) in [5.41, 5.74) is 2.54. The lowest BCUT2D eigenvalue weighted by atomic mass is 10.1. The van der Waals surface area contributed by atoms with Gasteiger partial charge in [-0.3, -0.25) is 0 Å². The van der Waals surface area contributed by atoms with E-state index in [-0.39, 0.29) is 0 Å². The number of anilines is 1. The predicted molar refractivity (Wildman–Crippen MR) is 54.2 cm³/mol. The summed E-state index contributed by atoms with van der Waals surface area (Å²) in [5.74, 6) is 1.79. The van der Waals surface area contributed by atoms with E-state index in [2.05, 4.69) is 17.4 Å². The van der Waals surface area contributed by atoms with E-state index in [0.717, 1.165) is 44.1 Å². The molecule has 2 heterocycles. The summed E-state index contributed by atoms with van der Waals surface area (Å²) >= 11 is 0. The molecule has 2 aliphatic heterocycles. The number of benzene rings is 1. The van der Waals surface area contributed by atoms with Gasteiger partial charge < -0.3 is 14.8 Å². The summed E-state index contributed by atoms with van der Waals surface area (Å²) in [6, 6.07) is 4.17. The van der Waals surface area contributed by atoms with Crippen molar-refractivity contribution in [2.75, 3.05) is 25.1 Å². The molecule has 3 nitrogen and oxygen atoms in total. The molecule has 1 aromatic carbocycles. The fourth-order valence-corrected chi connectivity index (χ4v) is 1.95. The van der Waals surface area contributed by atoms with Gasteiger partial charge in [-0.1, -0.05) is 0 Å². The summed E-state index contributed by atoms with van der Waals surface area (Å²) in [6.07, 6.45) is 2.05. The van der Waals surface area contributed by atoms with E-state index in [4.69, 9.17) is 9.47 Å². The van der Waals surface area contributed by atoms with Crippen molar-refractivity contribution >= 4 is 5.69 Å². The highest BCUT2D eigenvalue weighted by Gasteiger charge is 2.17. The molecule has 0 saturated heterocycles. The first-order valence-electron chi connectivity index (χ1n) is 5.10. The predicted octanol–water partition coefficient (Wildman–Crippen LogP) is 1.82. The van der Waals surface area contributed by atoms with Crippen molar-refractivity contribution in [1.29, 1.82) is 0 Å². The van der Waals surface area contributed by atoms with Crippen LogP contribution < -0.4 is 14.8 Å². The molecule has 0 aliphatic carbocycles. The number of hydrogen-bond donors (Lipinski definition) is 1. The average molecular weight is 191 g/mol. The van der Waals surface area contributed by atoms with Crippen molar-refractivity contribution in [2.24, 2.45) is 0 Å². The molecule has 0 spiro atoms. The molecule has 2 aliphatic rings. The van der Waals surface area contributed by atoms with Gasteiger partial charge >= 0.3 is 0 Å². The number of ether oxygens (including phenoxy) is 2. The topological polar surface area (TPSA) is 30.5 Å². The van der Waals surface area contributed by atoms with E-state index < -0.39 is 0 Å². The molecular weight excluding hydrogens is 178 g/mol. The van der Waals surface area contributed by atoms with Gasteiger partial charge in [0, 0.05) is 24.7 Å². The Kier molecular flexibility index (Phi) is 1.76. The maximum Gasteiger partial charge on any atom is 0.163 e. The Morgan fingerprint density at radius 1 is 1.07 bits per heavy atom. The van der Waals surface area contributed by atoms with Crippen molar-refractivity contribution in [2.45, 2.75) is 12.8 Å². The van der Waals surface area contributed by atoms with Gasteiger partial charge in [-0.25, -0.2) is 0 Å². The number of nitrogens with one attached hydrogen (secondary N) is 1. The third kappa shape index (κ3) is 1.20. The monoisotopic (exact) mass is 191 g/mol. The fourth-order valence-electron chi connectivity index (χ4n) is 1.95. The summed E-state index contributed by atoms with van der Waals surface area (Å²) in [7, 11) is 0. The summed E-state index contributed by atoms with van der Waals surface area (Å²) in [6.45, 7) is 2.54. The SMILES string of the molecule is c1c2c(cc3c1OCCCO3)NCC2. The maximum atomic E-state index is 5.62. The standard InChI is InChI=1S/C11H13NO2/c1-4-13-10-6-8-2-3-12-9(8)7-11(10)14-5-1/h6-7,12H,1-5H2. The van der Waals surface area contributed by atoms with Crippen LogP contribution in [0.5, 0.6) is 11.5 Å². The summed E-state index contributed by atoms with van der Waals surface area (Å²) < 4.78 is 11.2. The van der Waals surface area contributed by atoms with Crippen molar-refractivity contribution in [1.82, 2.24) is 0 Å². The van der Waals surface area contributed by atoms with E-state index in [1.807, 2.05) is 0 Å². The van der Waals surface area contributed by atoms with Crippen LogP contribution in [-0.4, -0.2) is 19.8 Å². The highest BCUT2D eigenvalue weighted by atomic mass is 16.5. The Bertz CT molecular complexity index is 330. The molecule has 3 heteroatoms. The van der Waals surface area contributed by atoms with Crippen LogP contribution in [-0.2, 0) is 6.42 Å². The van der Waals surface area contributed by atoms with Crippen molar-refractivity contribution in [3.63, 3.8) is 0 Å². The second kappa shape index (κ2) is 3.08. The first kappa shape index (κ1) is 7.97. The molecular formula is C11H13NO2. The third-order valence-electron chi connectivity index (χ3n) is 2.68. The maximum absolute atomic E-state index is 5.62. The number of hydrogen-bond acceptors (Lipinski definition) is 3. The van der Waals surface area contributed by atoms with Crippen molar-refractivity contribution in [3.8, 4) is 11.5 Å². The normalized spacial score (nSPS) is 18.3. The van der Waals surface area contributed by atoms with Gasteiger partial charge in [0.15, 0.2) is 11.5 Å². The minimum Gasteiger partial charge on any atom is -0.490 e. The van der Waals surface area contributed by atoms with Gasteiger partial charge in [-0.2, -0.15) is 0 Å². The lowest BCUT2D eigenvalue weighted by Crippen LogP contribution is -1.97. The molecule has 74 valence electrons. The van der Waals surface area contributed by atoms with Gasteiger partial charge in [0.2, 0.25) is 0 Å². The van der Waals surface area contributed by atoms with Crippen molar-refractivity contribution in [3.05, 3.63) is 17.7 Å². The van der Waals surface area contributed by atoms with E-state index in [0.29, 0.717) is 0 Å². The molecule has 1 aromatic rings. The Labute approximate surface area is 83.0 Å². The first-order valence-corrected chi connectivity index (χ1v) is 5.10. The molecule has 1 N–H and O–H groups in total. The quantitative estimate of drug-likeness (QED) is 0.678. The number of rotatable bonds is 0. The highest BCUT2D eigenvalue weighted by Crippen LogP contribution is 2.37. The molecule has 0 radical (unpaired) electrons. The molecule has 0 bridgehead atoms. The minimum absolute atomic E-state index is 0.756. The van der Waals surface area contributed by atoms with Crippen LogP contribution in [0.4, 0.5) is 5.69 Å². The Hall–Kier alpha value is -1.38. The summed E-state index contributed by atoms with van der Waals surface area (Å²) in [5, 5.41) is 3.34. The van der Waals surface area contributed by atoms with Crippen LogP contribution in [0, 0.1) is 0 Å². The molecule has 14 heavy (non-hydrogen) atoms. The third-order valence-corrected chi connectivity index (χ3v) is 2.68. The van der Waals surface area contributed by atoms with Crippen LogP contribution in [0.25, 0.3) is 0 Å². The van der Waals surface area contributed by atoms with E-state index in [1.165, 1.54) is 11.3 Å². The fraction of sp³-hybridized carbons (Fsp3) is 0.455. The molecule has 0 aromatic heterocycles. The molecule has 0 amide bonds. The van der Waals surface area contributed by atoms with Crippen LogP contribution in [0.15, 0.2) is 12.1 Å². The zero-order valence-electron chi connectivity index (χ0n) is 8.01. The zero-order valence-corrected chi connectivity index (χ0v) is 8.01. The van der Waals surface area contributed by atoms with Gasteiger partial charge in [0.05, 0.1) is 13.2 Å². The first-order chi connectivity index (χ1) is 6.93. The van der Waals surface area contributed by atoms with Gasteiger partial charge in [0.25, 0.3) is 0 Å². The second-order valence-electron chi connectivity index (χ2n) is 3.68. The summed E-state index contributed by atoms with van der Waals surface area (Å²) in [4.78, 5) is 0. The average Bonchev–Trinajstić information content (AvgIpc) is 2.51. The van der Waals surface area contributed by atoms with Gasteiger partial charge in [-0.15, -0.1) is 0 Å². The second-order valence-corrected chi connectivity index (χ2v) is 3.68. The van der Waals surface area contributed by atoms with Crippen LogP contribution in [0.1, 0.15) is 12.0 Å². The highest BCUT2D eigenvalue weighted by molar-refractivity contribution is 5.63. The van der Waals surface area contributed by atoms with E-state index in [9.17, 15) is 0 Å². The Morgan fingerprint density at radius 3 is 2.71 bits per heavy atom. The van der Waals surface area contributed by atoms with Gasteiger partial charge in [-0.05, 0) is 18.1 Å². The van der Waals surface area contributed by atoms with Crippen LogP contribution in [0.3, 0.4) is 0 Å². The molecule has 3 rings (SSSR count). The minimum atomic E-state index is 0.756. The van der Waals surface area contributed by atoms with Gasteiger partial charge in [0.1, 0.15) is 0 Å². The van der Waals surface area contributed by atoms with E-state index >= 15 is 0 Å². The Balaban J connectivity index is 2.06. The molecule has 0 fully saturated rings. The van der Waals surface area contributed by atoms with Crippen LogP contribution >= 0.6 is 0 Å². The lowest BCUT2D eigenvalue weighted by Gasteiger charge is -2.09. The lowest BCUT2D eigenvalue weighted by molar-refractivity contribution is 0.297. The largest absolute Gasteiger partial charge is 0.490 e. The smallest absolute Gasteiger partial charge is 0.163 e. The van der Waals surface area contributed by atoms with Crippen molar-refractivity contribution < 1.29 is 9.47 Å².